The van der Waals surface area contributed by atoms with Crippen LogP contribution in [0.3, 0.4) is 0 Å². The van der Waals surface area contributed by atoms with Gasteiger partial charge in [0.2, 0.25) is 5.82 Å². The lowest BCUT2D eigenvalue weighted by Crippen LogP contribution is -2.26. The molecule has 3 rings (SSSR count). The molecule has 0 spiro atoms. The Hall–Kier alpha value is -3.96. The maximum absolute atomic E-state index is 13.3. The number of amides is 1. The zero-order valence-electron chi connectivity index (χ0n) is 15.5. The number of para-hydroxylation sites is 2. The Kier molecular flexibility index (Phi) is 5.67. The van der Waals surface area contributed by atoms with E-state index in [0.717, 1.165) is 10.8 Å². The first kappa shape index (κ1) is 20.8. The summed E-state index contributed by atoms with van der Waals surface area (Å²) in [5.41, 5.74) is 2.82. The molecule has 0 bridgehead atoms. The Balaban J connectivity index is 1.77. The third kappa shape index (κ3) is 4.37. The van der Waals surface area contributed by atoms with E-state index in [0.29, 0.717) is 11.3 Å². The maximum atomic E-state index is 13.3. The first-order valence-electron chi connectivity index (χ1n) is 8.51. The highest BCUT2D eigenvalue weighted by Crippen LogP contribution is 2.31. The average molecular weight is 420 g/mol. The predicted molar refractivity (Wildman–Crippen MR) is 103 cm³/mol. The summed E-state index contributed by atoms with van der Waals surface area (Å²) in [6, 6.07) is 10.2. The van der Waals surface area contributed by atoms with E-state index in [-0.39, 0.29) is 16.7 Å². The van der Waals surface area contributed by atoms with E-state index in [4.69, 9.17) is 0 Å². The second-order valence-electron chi connectivity index (χ2n) is 6.08. The zero-order chi connectivity index (χ0) is 21.9. The van der Waals surface area contributed by atoms with Crippen LogP contribution in [-0.4, -0.2) is 33.6 Å². The number of hydrogen-bond acceptors (Lipinski definition) is 6. The number of nitrogens with one attached hydrogen (secondary N) is 2. The number of nitrogens with zero attached hydrogens (tertiary/aromatic N) is 4. The first-order chi connectivity index (χ1) is 14.2. The number of imidazole rings is 1. The van der Waals surface area contributed by atoms with Crippen molar-refractivity contribution < 1.29 is 22.9 Å². The number of anilines is 1. The van der Waals surface area contributed by atoms with Gasteiger partial charge in [-0.1, -0.05) is 18.2 Å². The Morgan fingerprint density at radius 1 is 1.30 bits per heavy atom. The molecule has 0 aliphatic carbocycles. The highest BCUT2D eigenvalue weighted by atomic mass is 19.4. The van der Waals surface area contributed by atoms with Crippen LogP contribution in [0.4, 0.5) is 24.5 Å². The van der Waals surface area contributed by atoms with Gasteiger partial charge in [0, 0.05) is 18.7 Å². The van der Waals surface area contributed by atoms with E-state index in [1.807, 2.05) is 0 Å². The Labute approximate surface area is 167 Å². The number of alkyl halides is 3. The molecule has 0 radical (unpaired) electrons. The number of hydrogen-bond donors (Lipinski definition) is 2. The molecule has 1 heterocycles. The molecular weight excluding hydrogens is 405 g/mol. The van der Waals surface area contributed by atoms with Crippen molar-refractivity contribution in [1.29, 1.82) is 0 Å². The van der Waals surface area contributed by atoms with E-state index in [1.165, 1.54) is 37.4 Å². The van der Waals surface area contributed by atoms with Crippen molar-refractivity contribution in [1.82, 2.24) is 15.0 Å². The van der Waals surface area contributed by atoms with Gasteiger partial charge in [-0.25, -0.2) is 10.4 Å². The monoisotopic (exact) mass is 420 g/mol. The topological polar surface area (TPSA) is 114 Å². The van der Waals surface area contributed by atoms with E-state index in [2.05, 4.69) is 20.8 Å². The average Bonchev–Trinajstić information content (AvgIpc) is 3.07. The molecule has 30 heavy (non-hydrogen) atoms. The van der Waals surface area contributed by atoms with Crippen LogP contribution in [0.15, 0.2) is 47.6 Å². The van der Waals surface area contributed by atoms with Crippen LogP contribution in [0, 0.1) is 10.1 Å². The number of fused-ring (bicyclic) bond motifs is 1. The number of nitro benzene ring substituents is 1. The molecule has 3 aromatic rings. The van der Waals surface area contributed by atoms with E-state index >= 15 is 0 Å². The van der Waals surface area contributed by atoms with Crippen molar-refractivity contribution in [2.45, 2.75) is 12.7 Å². The van der Waals surface area contributed by atoms with E-state index in [1.54, 1.807) is 12.1 Å². The highest BCUT2D eigenvalue weighted by Gasteiger charge is 2.37. The molecule has 1 aromatic heterocycles. The summed E-state index contributed by atoms with van der Waals surface area (Å²) < 4.78 is 40.6. The number of rotatable bonds is 6. The third-order valence-electron chi connectivity index (χ3n) is 4.10. The van der Waals surface area contributed by atoms with Crippen LogP contribution in [0.5, 0.6) is 0 Å². The predicted octanol–water partition coefficient (Wildman–Crippen LogP) is 3.16. The number of benzene rings is 2. The van der Waals surface area contributed by atoms with Crippen LogP contribution < -0.4 is 10.7 Å². The number of halogens is 3. The lowest BCUT2D eigenvalue weighted by atomic mass is 10.2. The van der Waals surface area contributed by atoms with Gasteiger partial charge in [-0.3, -0.25) is 14.9 Å². The molecule has 0 saturated heterocycles. The summed E-state index contributed by atoms with van der Waals surface area (Å²) >= 11 is 0. The minimum Gasteiger partial charge on any atom is -0.383 e. The van der Waals surface area contributed by atoms with Gasteiger partial charge in [-0.2, -0.15) is 18.3 Å². The Morgan fingerprint density at radius 2 is 2.03 bits per heavy atom. The number of carbonyl (C=O) groups excluding carboxylic acids is 1. The number of nitro groups is 1. The molecular formula is C18H15F3N6O3. The lowest BCUT2D eigenvalue weighted by molar-refractivity contribution is -0.383. The summed E-state index contributed by atoms with van der Waals surface area (Å²) in [7, 11) is 1.53. The second-order valence-corrected chi connectivity index (χ2v) is 6.08. The summed E-state index contributed by atoms with van der Waals surface area (Å²) in [5, 5.41) is 17.4. The third-order valence-corrected chi connectivity index (χ3v) is 4.10. The van der Waals surface area contributed by atoms with Gasteiger partial charge in [0.05, 0.1) is 22.2 Å². The highest BCUT2D eigenvalue weighted by molar-refractivity contribution is 5.85. The van der Waals surface area contributed by atoms with Crippen LogP contribution in [-0.2, 0) is 17.5 Å². The largest absolute Gasteiger partial charge is 0.449 e. The number of aromatic nitrogens is 2. The fourth-order valence-electron chi connectivity index (χ4n) is 2.80. The minimum atomic E-state index is -4.74. The molecule has 0 fully saturated rings. The molecule has 0 aliphatic rings. The molecule has 2 N–H and O–H groups in total. The Morgan fingerprint density at radius 3 is 2.70 bits per heavy atom. The smallest absolute Gasteiger partial charge is 0.383 e. The van der Waals surface area contributed by atoms with Crippen LogP contribution in [0.1, 0.15) is 11.4 Å². The van der Waals surface area contributed by atoms with Crippen molar-refractivity contribution in [3.05, 3.63) is 64.0 Å². The molecule has 0 unspecified atom stereocenters. The molecule has 1 amide bonds. The van der Waals surface area contributed by atoms with Crippen LogP contribution >= 0.6 is 0 Å². The van der Waals surface area contributed by atoms with Crippen LogP contribution in [0.25, 0.3) is 11.0 Å². The van der Waals surface area contributed by atoms with Gasteiger partial charge in [-0.15, -0.1) is 0 Å². The van der Waals surface area contributed by atoms with Gasteiger partial charge in [0.25, 0.3) is 11.6 Å². The normalized spacial score (nSPS) is 11.7. The molecule has 12 heteroatoms. The minimum absolute atomic E-state index is 0.109. The first-order valence-corrected chi connectivity index (χ1v) is 8.51. The fourth-order valence-corrected chi connectivity index (χ4v) is 2.80. The van der Waals surface area contributed by atoms with Crippen LogP contribution in [0.2, 0.25) is 0 Å². The summed E-state index contributed by atoms with van der Waals surface area (Å²) in [4.78, 5) is 26.2. The van der Waals surface area contributed by atoms with E-state index in [9.17, 15) is 28.1 Å². The summed E-state index contributed by atoms with van der Waals surface area (Å²) in [5.74, 6) is -2.01. The van der Waals surface area contributed by atoms with E-state index < -0.39 is 29.4 Å². The van der Waals surface area contributed by atoms with Gasteiger partial charge in [0.1, 0.15) is 12.2 Å². The fraction of sp³-hybridized carbons (Fsp3) is 0.167. The van der Waals surface area contributed by atoms with Crippen molar-refractivity contribution in [2.75, 3.05) is 12.4 Å². The van der Waals surface area contributed by atoms with Crippen molar-refractivity contribution in [3.63, 3.8) is 0 Å². The van der Waals surface area contributed by atoms with Crippen molar-refractivity contribution in [3.8, 4) is 0 Å². The molecule has 156 valence electrons. The van der Waals surface area contributed by atoms with Gasteiger partial charge in [-0.05, 0) is 18.2 Å². The van der Waals surface area contributed by atoms with Crippen molar-refractivity contribution in [2.24, 2.45) is 5.10 Å². The second kappa shape index (κ2) is 8.19. The molecule has 0 atom stereocenters. The SMILES string of the molecule is CNc1ccc(/C=N/NC(=O)Cn2c(C(F)(F)F)nc3ccccc32)cc1[N+](=O)[O-]. The number of hydrazone groups is 1. The van der Waals surface area contributed by atoms with Gasteiger partial charge in [0.15, 0.2) is 0 Å². The summed E-state index contributed by atoms with van der Waals surface area (Å²) in [6.07, 6.45) is -3.59. The molecule has 0 saturated carbocycles. The quantitative estimate of drug-likeness (QED) is 0.361. The van der Waals surface area contributed by atoms with Gasteiger partial charge >= 0.3 is 6.18 Å². The lowest BCUT2D eigenvalue weighted by Gasteiger charge is -2.10. The molecule has 0 aliphatic heterocycles. The number of carbonyl (C=O) groups is 1. The standard InChI is InChI=1S/C18H15F3N6O3/c1-22-12-7-6-11(8-15(12)27(29)30)9-23-25-16(28)10-26-14-5-3-2-4-13(14)24-17(26)18(19,20)21/h2-9,22H,10H2,1H3,(H,25,28)/b23-9+. The Bertz CT molecular complexity index is 1140. The molecule has 2 aromatic carbocycles. The zero-order valence-corrected chi connectivity index (χ0v) is 15.5. The van der Waals surface area contributed by atoms with Gasteiger partial charge < -0.3 is 9.88 Å². The van der Waals surface area contributed by atoms with Crippen molar-refractivity contribution >= 4 is 34.5 Å². The molecule has 9 nitrogen and oxygen atoms in total. The maximum Gasteiger partial charge on any atom is 0.449 e. The summed E-state index contributed by atoms with van der Waals surface area (Å²) in [6.45, 7) is -0.661.